The molecule has 2 aliphatic rings. The Kier molecular flexibility index (Phi) is 3.44. The largest absolute Gasteiger partial charge is 0.479 e. The molecule has 2 N–H and O–H groups in total. The minimum Gasteiger partial charge on any atom is -0.479 e. The number of amides is 1. The lowest BCUT2D eigenvalue weighted by atomic mass is 9.92. The number of benzene rings is 1. The molecule has 106 valence electrons. The van der Waals surface area contributed by atoms with Gasteiger partial charge in [0, 0.05) is 6.54 Å². The van der Waals surface area contributed by atoms with Crippen LogP contribution < -0.4 is 5.32 Å². The number of carboxylic acids is 1. The van der Waals surface area contributed by atoms with Crippen molar-refractivity contribution >= 4 is 11.9 Å². The molecule has 5 heteroatoms. The second-order valence-corrected chi connectivity index (χ2v) is 5.37. The van der Waals surface area contributed by atoms with Crippen LogP contribution in [0.1, 0.15) is 30.0 Å². The van der Waals surface area contributed by atoms with Crippen LogP contribution in [0.15, 0.2) is 24.3 Å². The third kappa shape index (κ3) is 2.18. The van der Waals surface area contributed by atoms with Gasteiger partial charge in [-0.05, 0) is 36.9 Å². The predicted octanol–water partition coefficient (Wildman–Crippen LogP) is 0.949. The van der Waals surface area contributed by atoms with Gasteiger partial charge in [-0.15, -0.1) is 0 Å². The minimum atomic E-state index is -0.955. The van der Waals surface area contributed by atoms with Gasteiger partial charge in [-0.3, -0.25) is 4.79 Å². The SMILES string of the molecule is O=C(O)C1c2ccccc2CCN1C(=O)C1CCCN1. The smallest absolute Gasteiger partial charge is 0.331 e. The van der Waals surface area contributed by atoms with Crippen LogP contribution in [-0.4, -0.2) is 41.0 Å². The molecule has 20 heavy (non-hydrogen) atoms. The molecule has 2 unspecified atom stereocenters. The molecule has 2 aliphatic heterocycles. The van der Waals surface area contributed by atoms with Crippen molar-refractivity contribution in [2.24, 2.45) is 0 Å². The van der Waals surface area contributed by atoms with Crippen LogP contribution in [0.2, 0.25) is 0 Å². The lowest BCUT2D eigenvalue weighted by molar-refractivity contribution is -0.152. The topological polar surface area (TPSA) is 69.6 Å². The maximum absolute atomic E-state index is 12.5. The Morgan fingerprint density at radius 3 is 2.80 bits per heavy atom. The van der Waals surface area contributed by atoms with Crippen LogP contribution >= 0.6 is 0 Å². The summed E-state index contributed by atoms with van der Waals surface area (Å²) in [5.41, 5.74) is 1.78. The zero-order valence-corrected chi connectivity index (χ0v) is 11.2. The van der Waals surface area contributed by atoms with Gasteiger partial charge in [0.25, 0.3) is 0 Å². The van der Waals surface area contributed by atoms with Gasteiger partial charge in [0.05, 0.1) is 6.04 Å². The molecule has 0 saturated carbocycles. The van der Waals surface area contributed by atoms with Crippen molar-refractivity contribution in [2.45, 2.75) is 31.3 Å². The summed E-state index contributed by atoms with van der Waals surface area (Å²) in [6, 6.07) is 6.43. The van der Waals surface area contributed by atoms with Gasteiger partial charge in [0.15, 0.2) is 6.04 Å². The van der Waals surface area contributed by atoms with Crippen LogP contribution in [0.4, 0.5) is 0 Å². The Morgan fingerprint density at radius 2 is 2.10 bits per heavy atom. The predicted molar refractivity (Wildman–Crippen MR) is 73.3 cm³/mol. The Hall–Kier alpha value is -1.88. The first-order chi connectivity index (χ1) is 9.68. The highest BCUT2D eigenvalue weighted by molar-refractivity contribution is 5.88. The normalized spacial score (nSPS) is 25.3. The summed E-state index contributed by atoms with van der Waals surface area (Å²) in [7, 11) is 0. The Bertz CT molecular complexity index is 538. The van der Waals surface area contributed by atoms with Crippen LogP contribution in [0, 0.1) is 0 Å². The van der Waals surface area contributed by atoms with Crippen molar-refractivity contribution in [1.82, 2.24) is 10.2 Å². The maximum atomic E-state index is 12.5. The monoisotopic (exact) mass is 274 g/mol. The Balaban J connectivity index is 1.92. The quantitative estimate of drug-likeness (QED) is 0.842. The average Bonchev–Trinajstić information content (AvgIpc) is 2.99. The zero-order chi connectivity index (χ0) is 14.1. The van der Waals surface area contributed by atoms with E-state index in [4.69, 9.17) is 0 Å². The van der Waals surface area contributed by atoms with Crippen molar-refractivity contribution in [3.63, 3.8) is 0 Å². The molecule has 2 heterocycles. The molecule has 2 atom stereocenters. The lowest BCUT2D eigenvalue weighted by Gasteiger charge is -2.36. The first-order valence-electron chi connectivity index (χ1n) is 7.03. The molecular weight excluding hydrogens is 256 g/mol. The molecule has 5 nitrogen and oxygen atoms in total. The number of fused-ring (bicyclic) bond motifs is 1. The summed E-state index contributed by atoms with van der Waals surface area (Å²) in [5, 5.41) is 12.7. The molecule has 1 amide bonds. The third-order valence-electron chi connectivity index (χ3n) is 4.16. The summed E-state index contributed by atoms with van der Waals surface area (Å²) in [6.45, 7) is 1.31. The molecule has 0 aliphatic carbocycles. The molecule has 0 spiro atoms. The van der Waals surface area contributed by atoms with E-state index in [1.165, 1.54) is 4.90 Å². The molecule has 1 fully saturated rings. The molecule has 1 saturated heterocycles. The van der Waals surface area contributed by atoms with Gasteiger partial charge in [0.1, 0.15) is 0 Å². The first kappa shape index (κ1) is 13.1. The molecule has 0 bridgehead atoms. The number of hydrogen-bond acceptors (Lipinski definition) is 3. The van der Waals surface area contributed by atoms with E-state index in [0.717, 1.165) is 36.9 Å². The fourth-order valence-corrected chi connectivity index (χ4v) is 3.17. The van der Waals surface area contributed by atoms with Gasteiger partial charge in [-0.25, -0.2) is 4.79 Å². The number of nitrogens with zero attached hydrogens (tertiary/aromatic N) is 1. The van der Waals surface area contributed by atoms with Crippen LogP contribution in [0.3, 0.4) is 0 Å². The van der Waals surface area contributed by atoms with Crippen LogP contribution in [-0.2, 0) is 16.0 Å². The second kappa shape index (κ2) is 5.25. The number of hydrogen-bond donors (Lipinski definition) is 2. The van der Waals surface area contributed by atoms with Crippen molar-refractivity contribution < 1.29 is 14.7 Å². The van der Waals surface area contributed by atoms with Gasteiger partial charge < -0.3 is 15.3 Å². The van der Waals surface area contributed by atoms with Crippen LogP contribution in [0.5, 0.6) is 0 Å². The van der Waals surface area contributed by atoms with E-state index < -0.39 is 12.0 Å². The molecule has 1 aromatic carbocycles. The summed E-state index contributed by atoms with van der Waals surface area (Å²) in [6.07, 6.45) is 2.49. The van der Waals surface area contributed by atoms with Gasteiger partial charge in [-0.1, -0.05) is 24.3 Å². The number of carbonyl (C=O) groups is 2. The summed E-state index contributed by atoms with van der Waals surface area (Å²) < 4.78 is 0. The third-order valence-corrected chi connectivity index (χ3v) is 4.16. The van der Waals surface area contributed by atoms with E-state index in [2.05, 4.69) is 5.32 Å². The molecular formula is C15H18N2O3. The van der Waals surface area contributed by atoms with Crippen molar-refractivity contribution in [3.05, 3.63) is 35.4 Å². The molecule has 1 aromatic rings. The Labute approximate surface area is 117 Å². The first-order valence-corrected chi connectivity index (χ1v) is 7.03. The van der Waals surface area contributed by atoms with Gasteiger partial charge in [-0.2, -0.15) is 0 Å². The number of carbonyl (C=O) groups excluding carboxylic acids is 1. The Morgan fingerprint density at radius 1 is 1.30 bits per heavy atom. The summed E-state index contributed by atoms with van der Waals surface area (Å²) in [4.78, 5) is 25.7. The molecule has 3 rings (SSSR count). The van der Waals surface area contributed by atoms with Crippen molar-refractivity contribution in [2.75, 3.05) is 13.1 Å². The number of rotatable bonds is 2. The highest BCUT2D eigenvalue weighted by Gasteiger charge is 2.38. The highest BCUT2D eigenvalue weighted by Crippen LogP contribution is 2.31. The summed E-state index contributed by atoms with van der Waals surface area (Å²) >= 11 is 0. The second-order valence-electron chi connectivity index (χ2n) is 5.37. The van der Waals surface area contributed by atoms with Crippen molar-refractivity contribution in [3.8, 4) is 0 Å². The lowest BCUT2D eigenvalue weighted by Crippen LogP contribution is -2.50. The van der Waals surface area contributed by atoms with Gasteiger partial charge in [0.2, 0.25) is 5.91 Å². The fraction of sp³-hybridized carbons (Fsp3) is 0.467. The number of carboxylic acid groups (broad SMARTS) is 1. The fourth-order valence-electron chi connectivity index (χ4n) is 3.17. The number of aliphatic carboxylic acids is 1. The summed E-state index contributed by atoms with van der Waals surface area (Å²) in [5.74, 6) is -1.03. The minimum absolute atomic E-state index is 0.0793. The molecule has 0 aromatic heterocycles. The van der Waals surface area contributed by atoms with E-state index in [1.54, 1.807) is 0 Å². The van der Waals surface area contributed by atoms with Crippen LogP contribution in [0.25, 0.3) is 0 Å². The van der Waals surface area contributed by atoms with E-state index in [0.29, 0.717) is 6.54 Å². The van der Waals surface area contributed by atoms with E-state index in [1.807, 2.05) is 24.3 Å². The van der Waals surface area contributed by atoms with Gasteiger partial charge >= 0.3 is 5.97 Å². The number of nitrogens with one attached hydrogen (secondary N) is 1. The van der Waals surface area contributed by atoms with E-state index in [-0.39, 0.29) is 11.9 Å². The average molecular weight is 274 g/mol. The maximum Gasteiger partial charge on any atom is 0.331 e. The highest BCUT2D eigenvalue weighted by atomic mass is 16.4. The van der Waals surface area contributed by atoms with E-state index in [9.17, 15) is 14.7 Å². The zero-order valence-electron chi connectivity index (χ0n) is 11.2. The van der Waals surface area contributed by atoms with E-state index >= 15 is 0 Å². The van der Waals surface area contributed by atoms with Crippen molar-refractivity contribution in [1.29, 1.82) is 0 Å². The molecule has 0 radical (unpaired) electrons. The standard InChI is InChI=1S/C15H18N2O3/c18-14(12-6-3-8-16-12)17-9-7-10-4-1-2-5-11(10)13(17)15(19)20/h1-2,4-5,12-13,16H,3,6-9H2,(H,19,20).